The van der Waals surface area contributed by atoms with Crippen LogP contribution in [0.4, 0.5) is 50.8 Å². The van der Waals surface area contributed by atoms with Crippen molar-refractivity contribution in [2.45, 2.75) is 6.18 Å². The number of amides is 3. The normalized spacial score (nSPS) is 13.4. The fourth-order valence-electron chi connectivity index (χ4n) is 4.09. The number of benzene rings is 3. The zero-order chi connectivity index (χ0) is 28.4. The molecule has 1 aliphatic rings. The van der Waals surface area contributed by atoms with Crippen molar-refractivity contribution in [3.05, 3.63) is 101 Å². The highest BCUT2D eigenvalue weighted by Gasteiger charge is 2.31. The van der Waals surface area contributed by atoms with Crippen LogP contribution in [0.1, 0.15) is 22.4 Å². The van der Waals surface area contributed by atoms with Gasteiger partial charge in [-0.25, -0.2) is 9.18 Å². The second-order valence-corrected chi connectivity index (χ2v) is 8.71. The Morgan fingerprint density at radius 1 is 0.950 bits per heavy atom. The van der Waals surface area contributed by atoms with Crippen LogP contribution in [0.3, 0.4) is 0 Å². The summed E-state index contributed by atoms with van der Waals surface area (Å²) in [6.07, 6.45) is -1.24. The van der Waals surface area contributed by atoms with E-state index < -0.39 is 29.3 Å². The molecule has 5 N–H and O–H groups in total. The molecule has 0 atom stereocenters. The predicted octanol–water partition coefficient (Wildman–Crippen LogP) is 6.92. The number of halogens is 4. The number of urea groups is 1. The quantitative estimate of drug-likeness (QED) is 0.138. The first-order valence-corrected chi connectivity index (χ1v) is 11.7. The third-order valence-electron chi connectivity index (χ3n) is 5.87. The topological polar surface area (TPSA) is 122 Å². The first-order valence-electron chi connectivity index (χ1n) is 11.7. The fraction of sp³-hybridized carbons (Fsp3) is 0.0357. The number of hydrogen-bond acceptors (Lipinski definition) is 4. The fourth-order valence-corrected chi connectivity index (χ4v) is 4.09. The number of H-pyrrole nitrogens is 1. The average molecular weight is 546 g/mol. The number of nitrogens with zero attached hydrogens (tertiary/aromatic N) is 1. The molecule has 0 bridgehead atoms. The molecule has 8 nitrogen and oxygen atoms in total. The Hall–Kier alpha value is -5.57. The highest BCUT2D eigenvalue weighted by atomic mass is 19.4. The van der Waals surface area contributed by atoms with E-state index in [0.717, 1.165) is 5.69 Å². The van der Waals surface area contributed by atoms with Crippen LogP contribution in [0, 0.1) is 17.1 Å². The van der Waals surface area contributed by atoms with Crippen LogP contribution in [0.5, 0.6) is 0 Å². The molecule has 3 aromatic carbocycles. The van der Waals surface area contributed by atoms with Crippen molar-refractivity contribution < 1.29 is 27.2 Å². The van der Waals surface area contributed by atoms with Crippen molar-refractivity contribution >= 4 is 52.0 Å². The van der Waals surface area contributed by atoms with E-state index in [9.17, 15) is 32.4 Å². The highest BCUT2D eigenvalue weighted by molar-refractivity contribution is 6.35. The number of aromatic nitrogens is 1. The molecule has 0 fully saturated rings. The van der Waals surface area contributed by atoms with E-state index >= 15 is 0 Å². The monoisotopic (exact) mass is 546 g/mol. The molecule has 0 radical (unpaired) electrons. The smallest absolute Gasteiger partial charge is 0.362 e. The van der Waals surface area contributed by atoms with Crippen LogP contribution in [-0.2, 0) is 11.0 Å². The Kier molecular flexibility index (Phi) is 6.71. The van der Waals surface area contributed by atoms with Crippen LogP contribution in [0.15, 0.2) is 72.9 Å². The van der Waals surface area contributed by atoms with Gasteiger partial charge in [0, 0.05) is 34.5 Å². The molecule has 12 heteroatoms. The van der Waals surface area contributed by atoms with E-state index in [1.807, 2.05) is 18.2 Å². The molecular weight excluding hydrogens is 528 g/mol. The number of fused-ring (bicyclic) bond motifs is 1. The van der Waals surface area contributed by atoms with Gasteiger partial charge in [-0.3, -0.25) is 4.79 Å². The van der Waals surface area contributed by atoms with Gasteiger partial charge in [0.05, 0.1) is 34.1 Å². The van der Waals surface area contributed by atoms with Gasteiger partial charge in [-0.05, 0) is 66.7 Å². The summed E-state index contributed by atoms with van der Waals surface area (Å²) in [6.45, 7) is 0. The van der Waals surface area contributed by atoms with E-state index in [-0.39, 0.29) is 17.2 Å². The molecule has 40 heavy (non-hydrogen) atoms. The van der Waals surface area contributed by atoms with Crippen LogP contribution in [-0.4, -0.2) is 16.9 Å². The van der Waals surface area contributed by atoms with Gasteiger partial charge in [-0.1, -0.05) is 6.07 Å². The van der Waals surface area contributed by atoms with Gasteiger partial charge in [-0.2, -0.15) is 18.4 Å². The number of nitrogens with one attached hydrogen (secondary N) is 5. The lowest BCUT2D eigenvalue weighted by Crippen LogP contribution is -2.21. The van der Waals surface area contributed by atoms with E-state index in [1.165, 1.54) is 18.2 Å². The number of alkyl halides is 3. The second-order valence-electron chi connectivity index (χ2n) is 8.71. The minimum atomic E-state index is -4.72. The first-order chi connectivity index (χ1) is 19.1. The molecule has 0 unspecified atom stereocenters. The molecule has 200 valence electrons. The number of hydrogen-bond donors (Lipinski definition) is 5. The van der Waals surface area contributed by atoms with Crippen molar-refractivity contribution in [2.24, 2.45) is 0 Å². The minimum absolute atomic E-state index is 0.122. The lowest BCUT2D eigenvalue weighted by molar-refractivity contribution is -0.137. The Morgan fingerprint density at radius 3 is 2.48 bits per heavy atom. The maximum absolute atomic E-state index is 14.0. The number of nitriles is 1. The van der Waals surface area contributed by atoms with Crippen LogP contribution < -0.4 is 21.3 Å². The summed E-state index contributed by atoms with van der Waals surface area (Å²) >= 11 is 0. The zero-order valence-corrected chi connectivity index (χ0v) is 20.3. The van der Waals surface area contributed by atoms with Crippen molar-refractivity contribution in [2.75, 3.05) is 21.3 Å². The second kappa shape index (κ2) is 10.3. The Balaban J connectivity index is 1.34. The molecule has 3 amide bonds. The van der Waals surface area contributed by atoms with Gasteiger partial charge in [0.25, 0.3) is 5.91 Å². The summed E-state index contributed by atoms with van der Waals surface area (Å²) < 4.78 is 52.9. The SMILES string of the molecule is N#Cc1cc(NC(=O)Nc2cc(C(F)(F)F)ccc2F)cc(Nc2ccc3c(c2)NC(=O)/C3=C\c2ccc[nH]2)c1. The molecule has 0 saturated heterocycles. The van der Waals surface area contributed by atoms with Crippen LogP contribution >= 0.6 is 0 Å². The number of carbonyl (C=O) groups excluding carboxylic acids is 2. The summed E-state index contributed by atoms with van der Waals surface area (Å²) in [7, 11) is 0. The molecule has 0 spiro atoms. The van der Waals surface area contributed by atoms with Crippen molar-refractivity contribution in [3.63, 3.8) is 0 Å². The molecular formula is C28H18F4N6O2. The summed E-state index contributed by atoms with van der Waals surface area (Å²) in [6, 6.07) is 15.8. The maximum Gasteiger partial charge on any atom is 0.416 e. The summed E-state index contributed by atoms with van der Waals surface area (Å²) in [4.78, 5) is 28.0. The number of anilines is 5. The molecule has 1 aliphatic heterocycles. The van der Waals surface area contributed by atoms with E-state index in [2.05, 4.69) is 26.3 Å². The number of aromatic amines is 1. The molecule has 0 aliphatic carbocycles. The third-order valence-corrected chi connectivity index (χ3v) is 5.87. The average Bonchev–Trinajstić information content (AvgIpc) is 3.52. The summed E-state index contributed by atoms with van der Waals surface area (Å²) in [5.74, 6) is -1.31. The number of carbonyl (C=O) groups is 2. The van der Waals surface area contributed by atoms with E-state index in [0.29, 0.717) is 46.4 Å². The van der Waals surface area contributed by atoms with Gasteiger partial charge >= 0.3 is 12.2 Å². The maximum atomic E-state index is 14.0. The van der Waals surface area contributed by atoms with E-state index in [4.69, 9.17) is 0 Å². The zero-order valence-electron chi connectivity index (χ0n) is 20.3. The molecule has 4 aromatic rings. The van der Waals surface area contributed by atoms with Gasteiger partial charge in [0.2, 0.25) is 0 Å². The standard InChI is InChI=1S/C28H18F4N6O2/c29-23-6-3-16(28(30,31)32)10-25(23)38-27(40)36-20-9-15(14-33)8-19(11-20)35-18-4-5-21-22(12-17-2-1-7-34-17)26(39)37-24(21)13-18/h1-13,34-35H,(H,37,39)(H2,36,38,40)/b22-12-. The van der Waals surface area contributed by atoms with Crippen molar-refractivity contribution in [1.29, 1.82) is 5.26 Å². The lowest BCUT2D eigenvalue weighted by atomic mass is 10.1. The van der Waals surface area contributed by atoms with Crippen LogP contribution in [0.25, 0.3) is 11.6 Å². The van der Waals surface area contributed by atoms with Gasteiger partial charge < -0.3 is 26.3 Å². The Labute approximate surface area is 224 Å². The highest BCUT2D eigenvalue weighted by Crippen LogP contribution is 2.36. The third kappa shape index (κ3) is 5.63. The largest absolute Gasteiger partial charge is 0.416 e. The van der Waals surface area contributed by atoms with Crippen molar-refractivity contribution in [1.82, 2.24) is 4.98 Å². The molecule has 0 saturated carbocycles. The van der Waals surface area contributed by atoms with Gasteiger partial charge in [-0.15, -0.1) is 0 Å². The molecule has 2 heterocycles. The Bertz CT molecular complexity index is 1700. The molecule has 1 aromatic heterocycles. The number of rotatable bonds is 5. The lowest BCUT2D eigenvalue weighted by Gasteiger charge is -2.13. The van der Waals surface area contributed by atoms with Crippen molar-refractivity contribution in [3.8, 4) is 6.07 Å². The Morgan fingerprint density at radius 2 is 1.75 bits per heavy atom. The predicted molar refractivity (Wildman–Crippen MR) is 142 cm³/mol. The van der Waals surface area contributed by atoms with Gasteiger partial charge in [0.1, 0.15) is 5.82 Å². The summed E-state index contributed by atoms with van der Waals surface area (Å²) in [5.41, 5.74) is 2.00. The van der Waals surface area contributed by atoms with Gasteiger partial charge in [0.15, 0.2) is 0 Å². The van der Waals surface area contributed by atoms with E-state index in [1.54, 1.807) is 30.5 Å². The minimum Gasteiger partial charge on any atom is -0.362 e. The first kappa shape index (κ1) is 26.1. The van der Waals surface area contributed by atoms with Crippen LogP contribution in [0.2, 0.25) is 0 Å². The molecule has 5 rings (SSSR count). The summed E-state index contributed by atoms with van der Waals surface area (Å²) in [5, 5.41) is 19.8.